The molecule has 0 radical (unpaired) electrons. The van der Waals surface area contributed by atoms with Crippen LogP contribution in [0.25, 0.3) is 22.4 Å². The molecule has 0 fully saturated rings. The average molecular weight is 367 g/mol. The van der Waals surface area contributed by atoms with E-state index < -0.39 is 0 Å². The monoisotopic (exact) mass is 367 g/mol. The summed E-state index contributed by atoms with van der Waals surface area (Å²) in [6, 6.07) is 5.75. The second-order valence-corrected chi connectivity index (χ2v) is 7.24. The van der Waals surface area contributed by atoms with Crippen LogP contribution in [0.15, 0.2) is 27.8 Å². The van der Waals surface area contributed by atoms with Crippen molar-refractivity contribution in [3.63, 3.8) is 0 Å². The molecule has 132 valence electrons. The van der Waals surface area contributed by atoms with Crippen molar-refractivity contribution < 1.29 is 4.74 Å². The molecule has 7 heteroatoms. The largest absolute Gasteiger partial charge is 0.497 e. The number of methoxy groups -OCH3 is 1. The first-order valence-electron chi connectivity index (χ1n) is 8.12. The quantitative estimate of drug-likeness (QED) is 0.558. The Labute approximate surface area is 152 Å². The van der Waals surface area contributed by atoms with E-state index in [4.69, 9.17) is 4.74 Å². The van der Waals surface area contributed by atoms with Crippen molar-refractivity contribution in [3.05, 3.63) is 66.4 Å². The molecule has 26 heavy (non-hydrogen) atoms. The molecule has 1 aromatic carbocycles. The summed E-state index contributed by atoms with van der Waals surface area (Å²) in [6.45, 7) is 5.32. The van der Waals surface area contributed by atoms with Crippen LogP contribution in [0, 0.1) is 20.8 Å². The van der Waals surface area contributed by atoms with Gasteiger partial charge in [0.05, 0.1) is 23.0 Å². The molecule has 0 aliphatic rings. The Morgan fingerprint density at radius 2 is 1.77 bits per heavy atom. The van der Waals surface area contributed by atoms with Gasteiger partial charge in [-0.1, -0.05) is 0 Å². The van der Waals surface area contributed by atoms with Gasteiger partial charge in [0.15, 0.2) is 0 Å². The Morgan fingerprint density at radius 3 is 2.50 bits per heavy atom. The second kappa shape index (κ2) is 5.81. The lowest BCUT2D eigenvalue weighted by Crippen LogP contribution is -2.23. The van der Waals surface area contributed by atoms with Crippen molar-refractivity contribution in [1.29, 1.82) is 0 Å². The number of thiazole rings is 1. The summed E-state index contributed by atoms with van der Waals surface area (Å²) in [5.74, 6) is 0.791. The van der Waals surface area contributed by atoms with Gasteiger partial charge in [-0.15, -0.1) is 11.3 Å². The molecular weight excluding hydrogens is 350 g/mol. The maximum absolute atomic E-state index is 12.4. The van der Waals surface area contributed by atoms with Crippen LogP contribution in [-0.4, -0.2) is 21.1 Å². The van der Waals surface area contributed by atoms with Crippen LogP contribution in [0.3, 0.4) is 0 Å². The van der Waals surface area contributed by atoms with Crippen molar-refractivity contribution >= 4 is 33.7 Å². The Balaban J connectivity index is 1.85. The second-order valence-electron chi connectivity index (χ2n) is 6.17. The summed E-state index contributed by atoms with van der Waals surface area (Å²) in [4.78, 5) is 29.3. The van der Waals surface area contributed by atoms with Crippen molar-refractivity contribution in [3.8, 4) is 5.75 Å². The van der Waals surface area contributed by atoms with Crippen LogP contribution in [0.4, 0.5) is 0 Å². The first-order valence-corrected chi connectivity index (χ1v) is 8.94. The number of ether oxygens (including phenoxy) is 1. The molecule has 0 saturated heterocycles. The fourth-order valence-corrected chi connectivity index (χ4v) is 3.98. The summed E-state index contributed by atoms with van der Waals surface area (Å²) in [7, 11) is 1.64. The van der Waals surface area contributed by atoms with Gasteiger partial charge in [0.2, 0.25) is 0 Å². The van der Waals surface area contributed by atoms with E-state index in [9.17, 15) is 9.59 Å². The number of hydrogen-bond acceptors (Lipinski definition) is 5. The van der Waals surface area contributed by atoms with Gasteiger partial charge in [-0.25, -0.2) is 9.50 Å². The highest BCUT2D eigenvalue weighted by molar-refractivity contribution is 7.19. The van der Waals surface area contributed by atoms with Gasteiger partial charge in [-0.05, 0) is 51.1 Å². The Hall–Kier alpha value is -2.93. The molecule has 4 aromatic rings. The number of aryl methyl sites for hydroxylation is 1. The predicted octanol–water partition coefficient (Wildman–Crippen LogP) is 2.91. The van der Waals surface area contributed by atoms with E-state index in [1.165, 1.54) is 4.52 Å². The topological polar surface area (TPSA) is 65.1 Å². The molecule has 0 aliphatic carbocycles. The molecule has 0 bridgehead atoms. The van der Waals surface area contributed by atoms with Crippen molar-refractivity contribution in [2.45, 2.75) is 20.8 Å². The fraction of sp³-hybridized carbons (Fsp3) is 0.211. The van der Waals surface area contributed by atoms with Crippen LogP contribution >= 0.6 is 11.3 Å². The SMILES string of the molecule is COc1ccc2nc(/C=C/c3c(C)c(=O)n4c(=O)c(C)c(C)n34)sc2c1. The minimum Gasteiger partial charge on any atom is -0.497 e. The zero-order valence-electron chi connectivity index (χ0n) is 14.9. The van der Waals surface area contributed by atoms with Gasteiger partial charge in [0.1, 0.15) is 10.8 Å². The van der Waals surface area contributed by atoms with Crippen molar-refractivity contribution in [2.24, 2.45) is 0 Å². The smallest absolute Gasteiger partial charge is 0.278 e. The van der Waals surface area contributed by atoms with Crippen LogP contribution in [0.5, 0.6) is 5.75 Å². The van der Waals surface area contributed by atoms with Gasteiger partial charge in [0, 0.05) is 16.8 Å². The number of aromatic nitrogens is 3. The number of rotatable bonds is 3. The van der Waals surface area contributed by atoms with E-state index in [0.717, 1.165) is 26.7 Å². The lowest BCUT2D eigenvalue weighted by molar-refractivity contribution is 0.415. The molecule has 6 nitrogen and oxygen atoms in total. The maximum atomic E-state index is 12.4. The first-order chi connectivity index (χ1) is 12.4. The molecule has 0 spiro atoms. The third-order valence-corrected chi connectivity index (χ3v) is 5.68. The molecule has 3 aromatic heterocycles. The molecular formula is C19H17N3O3S. The third-order valence-electron chi connectivity index (χ3n) is 4.70. The summed E-state index contributed by atoms with van der Waals surface area (Å²) in [5.41, 5.74) is 2.97. The lowest BCUT2D eigenvalue weighted by Gasteiger charge is -1.97. The highest BCUT2D eigenvalue weighted by atomic mass is 32.1. The molecule has 3 heterocycles. The van der Waals surface area contributed by atoms with Crippen molar-refractivity contribution in [1.82, 2.24) is 14.0 Å². The van der Waals surface area contributed by atoms with E-state index in [-0.39, 0.29) is 11.1 Å². The zero-order valence-corrected chi connectivity index (χ0v) is 15.7. The minimum absolute atomic E-state index is 0.262. The van der Waals surface area contributed by atoms with E-state index >= 15 is 0 Å². The number of benzene rings is 1. The molecule has 0 aliphatic heterocycles. The van der Waals surface area contributed by atoms with Crippen LogP contribution in [0.1, 0.15) is 27.5 Å². The van der Waals surface area contributed by atoms with E-state index in [1.807, 2.05) is 37.3 Å². The van der Waals surface area contributed by atoms with Crippen LogP contribution in [0.2, 0.25) is 0 Å². The molecule has 0 saturated carbocycles. The van der Waals surface area contributed by atoms with Gasteiger partial charge in [-0.2, -0.15) is 4.52 Å². The number of fused-ring (bicyclic) bond motifs is 2. The average Bonchev–Trinajstić information content (AvgIpc) is 3.23. The molecule has 0 N–H and O–H groups in total. The minimum atomic E-state index is -0.278. The van der Waals surface area contributed by atoms with E-state index in [0.29, 0.717) is 16.8 Å². The van der Waals surface area contributed by atoms with Gasteiger partial charge < -0.3 is 4.74 Å². The summed E-state index contributed by atoms with van der Waals surface area (Å²) in [6.07, 6.45) is 3.72. The highest BCUT2D eigenvalue weighted by Crippen LogP contribution is 2.27. The summed E-state index contributed by atoms with van der Waals surface area (Å²) in [5, 5.41) is 0.823. The number of nitrogens with zero attached hydrogens (tertiary/aromatic N) is 3. The zero-order chi connectivity index (χ0) is 18.6. The highest BCUT2D eigenvalue weighted by Gasteiger charge is 2.18. The van der Waals surface area contributed by atoms with E-state index in [2.05, 4.69) is 4.98 Å². The van der Waals surface area contributed by atoms with Crippen molar-refractivity contribution in [2.75, 3.05) is 7.11 Å². The Bertz CT molecular complexity index is 1290. The Morgan fingerprint density at radius 1 is 1.04 bits per heavy atom. The van der Waals surface area contributed by atoms with Gasteiger partial charge in [-0.3, -0.25) is 9.59 Å². The lowest BCUT2D eigenvalue weighted by atomic mass is 10.2. The maximum Gasteiger partial charge on any atom is 0.278 e. The van der Waals surface area contributed by atoms with Crippen LogP contribution in [-0.2, 0) is 0 Å². The van der Waals surface area contributed by atoms with Gasteiger partial charge in [0.25, 0.3) is 11.1 Å². The Kier molecular flexibility index (Phi) is 3.69. The number of hydrogen-bond donors (Lipinski definition) is 0. The van der Waals surface area contributed by atoms with Gasteiger partial charge >= 0.3 is 0 Å². The third kappa shape index (κ3) is 2.28. The predicted molar refractivity (Wildman–Crippen MR) is 104 cm³/mol. The summed E-state index contributed by atoms with van der Waals surface area (Å²) >= 11 is 1.54. The molecule has 4 rings (SSSR count). The summed E-state index contributed by atoms with van der Waals surface area (Å²) < 4.78 is 9.15. The normalized spacial score (nSPS) is 12.0. The standard InChI is InChI=1S/C19H17N3O3S/c1-10-12(3)21-15(11(2)19(24)22(21)18(10)23)7-8-17-20-14-6-5-13(25-4)9-16(14)26-17/h5-9H,1-4H3/b8-7+. The van der Waals surface area contributed by atoms with Crippen LogP contribution < -0.4 is 15.9 Å². The molecule has 0 atom stereocenters. The fourth-order valence-electron chi connectivity index (χ4n) is 3.08. The first kappa shape index (κ1) is 16.5. The molecule has 0 unspecified atom stereocenters. The van der Waals surface area contributed by atoms with E-state index in [1.54, 1.807) is 36.8 Å². The molecule has 0 amide bonds.